The molecule has 2 rings (SSSR count). The van der Waals surface area contributed by atoms with E-state index in [1.165, 1.54) is 0 Å². The first-order valence-corrected chi connectivity index (χ1v) is 6.41. The van der Waals surface area contributed by atoms with Crippen molar-refractivity contribution in [2.24, 2.45) is 0 Å². The smallest absolute Gasteiger partial charge is 0.116 e. The fourth-order valence-corrected chi connectivity index (χ4v) is 2.41. The predicted octanol–water partition coefficient (Wildman–Crippen LogP) is 4.04. The highest BCUT2D eigenvalue weighted by molar-refractivity contribution is 5.46. The van der Waals surface area contributed by atoms with Gasteiger partial charge in [0.05, 0.1) is 0 Å². The minimum absolute atomic E-state index is 0.271. The largest absolute Gasteiger partial charge is 0.508 e. The summed E-state index contributed by atoms with van der Waals surface area (Å²) in [5.41, 5.74) is 3.86. The number of phenolic OH excluding ortho intramolecular Hbond substituents is 2. The summed E-state index contributed by atoms with van der Waals surface area (Å²) < 4.78 is 0. The lowest BCUT2D eigenvalue weighted by molar-refractivity contribution is 0.469. The minimum Gasteiger partial charge on any atom is -0.508 e. The van der Waals surface area contributed by atoms with Gasteiger partial charge in [0.1, 0.15) is 11.5 Å². The quantitative estimate of drug-likeness (QED) is 0.851. The molecule has 0 amide bonds. The zero-order valence-electron chi connectivity index (χ0n) is 11.9. The standard InChI is InChI=1S/C17H20O2/c1-11-5-13(9-15(18)7-11)17(3,4)14-6-12(2)8-16(19)10-14/h5-10,18-19H,1-4H3. The Balaban J connectivity index is 2.57. The van der Waals surface area contributed by atoms with Gasteiger partial charge >= 0.3 is 0 Å². The molecule has 0 aliphatic rings. The van der Waals surface area contributed by atoms with Gasteiger partial charge in [-0.3, -0.25) is 0 Å². The summed E-state index contributed by atoms with van der Waals surface area (Å²) in [6, 6.07) is 11.2. The summed E-state index contributed by atoms with van der Waals surface area (Å²) in [6.45, 7) is 8.12. The zero-order chi connectivity index (χ0) is 14.2. The van der Waals surface area contributed by atoms with Crippen molar-refractivity contribution in [3.8, 4) is 11.5 Å². The van der Waals surface area contributed by atoms with Crippen LogP contribution in [0.25, 0.3) is 0 Å². The van der Waals surface area contributed by atoms with Gasteiger partial charge in [-0.15, -0.1) is 0 Å². The molecule has 2 aromatic rings. The molecule has 2 heteroatoms. The van der Waals surface area contributed by atoms with Crippen molar-refractivity contribution in [3.05, 3.63) is 58.7 Å². The third kappa shape index (κ3) is 2.73. The van der Waals surface area contributed by atoms with Crippen LogP contribution in [0.2, 0.25) is 0 Å². The van der Waals surface area contributed by atoms with Gasteiger partial charge in [-0.05, 0) is 60.4 Å². The van der Waals surface area contributed by atoms with Gasteiger partial charge in [-0.25, -0.2) is 0 Å². The highest BCUT2D eigenvalue weighted by atomic mass is 16.3. The van der Waals surface area contributed by atoms with Crippen LogP contribution in [-0.2, 0) is 5.41 Å². The summed E-state index contributed by atoms with van der Waals surface area (Å²) in [4.78, 5) is 0. The summed E-state index contributed by atoms with van der Waals surface area (Å²) in [6.07, 6.45) is 0. The first kappa shape index (κ1) is 13.5. The lowest BCUT2D eigenvalue weighted by Gasteiger charge is -2.27. The van der Waals surface area contributed by atoms with Crippen LogP contribution >= 0.6 is 0 Å². The molecule has 0 aliphatic carbocycles. The molecule has 0 saturated carbocycles. The van der Waals surface area contributed by atoms with Gasteiger partial charge in [0.2, 0.25) is 0 Å². The number of phenols is 2. The Hall–Kier alpha value is -1.96. The molecule has 0 aliphatic heterocycles. The molecular weight excluding hydrogens is 236 g/mol. The van der Waals surface area contributed by atoms with Crippen molar-refractivity contribution in [1.82, 2.24) is 0 Å². The van der Waals surface area contributed by atoms with Crippen molar-refractivity contribution in [2.45, 2.75) is 33.1 Å². The maximum Gasteiger partial charge on any atom is 0.116 e. The summed E-state index contributed by atoms with van der Waals surface area (Å²) in [5, 5.41) is 19.5. The molecule has 2 aromatic carbocycles. The average molecular weight is 256 g/mol. The van der Waals surface area contributed by atoms with E-state index in [4.69, 9.17) is 0 Å². The van der Waals surface area contributed by atoms with Crippen molar-refractivity contribution >= 4 is 0 Å². The van der Waals surface area contributed by atoms with Crippen LogP contribution in [0.1, 0.15) is 36.1 Å². The zero-order valence-corrected chi connectivity index (χ0v) is 11.9. The Morgan fingerprint density at radius 1 is 0.684 bits per heavy atom. The fourth-order valence-electron chi connectivity index (χ4n) is 2.41. The lowest BCUT2D eigenvalue weighted by atomic mass is 9.77. The van der Waals surface area contributed by atoms with Crippen molar-refractivity contribution in [2.75, 3.05) is 0 Å². The molecule has 0 aromatic heterocycles. The normalized spacial score (nSPS) is 11.6. The molecule has 0 heterocycles. The molecule has 0 atom stereocenters. The Kier molecular flexibility index (Phi) is 3.27. The van der Waals surface area contributed by atoms with E-state index in [9.17, 15) is 10.2 Å². The second-order valence-electron chi connectivity index (χ2n) is 5.74. The molecule has 2 N–H and O–H groups in total. The average Bonchev–Trinajstić information content (AvgIpc) is 2.26. The van der Waals surface area contributed by atoms with Crippen LogP contribution in [-0.4, -0.2) is 10.2 Å². The molecule has 0 radical (unpaired) electrons. The molecule has 0 bridgehead atoms. The molecule has 0 spiro atoms. The van der Waals surface area contributed by atoms with E-state index in [-0.39, 0.29) is 16.9 Å². The Labute approximate surface area is 114 Å². The van der Waals surface area contributed by atoms with E-state index >= 15 is 0 Å². The van der Waals surface area contributed by atoms with E-state index < -0.39 is 0 Å². The molecule has 100 valence electrons. The van der Waals surface area contributed by atoms with Gasteiger partial charge in [0.15, 0.2) is 0 Å². The number of aromatic hydroxyl groups is 2. The molecule has 2 nitrogen and oxygen atoms in total. The van der Waals surface area contributed by atoms with Gasteiger partial charge in [-0.2, -0.15) is 0 Å². The Morgan fingerprint density at radius 3 is 1.37 bits per heavy atom. The van der Waals surface area contributed by atoms with E-state index in [0.29, 0.717) is 0 Å². The third-order valence-electron chi connectivity index (χ3n) is 3.57. The monoisotopic (exact) mass is 256 g/mol. The summed E-state index contributed by atoms with van der Waals surface area (Å²) in [5.74, 6) is 0.555. The Bertz CT molecular complexity index is 519. The first-order valence-electron chi connectivity index (χ1n) is 6.41. The van der Waals surface area contributed by atoms with Gasteiger partial charge < -0.3 is 10.2 Å². The molecule has 0 fully saturated rings. The van der Waals surface area contributed by atoms with Crippen LogP contribution in [0.4, 0.5) is 0 Å². The maximum absolute atomic E-state index is 9.76. The van der Waals surface area contributed by atoms with Crippen LogP contribution < -0.4 is 0 Å². The predicted molar refractivity (Wildman–Crippen MR) is 77.8 cm³/mol. The summed E-state index contributed by atoms with van der Waals surface area (Å²) >= 11 is 0. The Morgan fingerprint density at radius 2 is 1.05 bits per heavy atom. The van der Waals surface area contributed by atoms with Crippen molar-refractivity contribution in [1.29, 1.82) is 0 Å². The van der Waals surface area contributed by atoms with Crippen molar-refractivity contribution < 1.29 is 10.2 Å². The molecular formula is C17H20O2. The molecule has 19 heavy (non-hydrogen) atoms. The second-order valence-corrected chi connectivity index (χ2v) is 5.74. The van der Waals surface area contributed by atoms with E-state index in [2.05, 4.69) is 26.0 Å². The van der Waals surface area contributed by atoms with E-state index in [0.717, 1.165) is 22.3 Å². The van der Waals surface area contributed by atoms with Gasteiger partial charge in [0, 0.05) is 5.41 Å². The third-order valence-corrected chi connectivity index (χ3v) is 3.57. The van der Waals surface area contributed by atoms with Crippen LogP contribution in [0.3, 0.4) is 0 Å². The van der Waals surface area contributed by atoms with E-state index in [1.807, 2.05) is 13.8 Å². The second kappa shape index (κ2) is 4.61. The van der Waals surface area contributed by atoms with Crippen LogP contribution in [0.15, 0.2) is 36.4 Å². The highest BCUT2D eigenvalue weighted by Crippen LogP contribution is 2.35. The fraction of sp³-hybridized carbons (Fsp3) is 0.294. The van der Waals surface area contributed by atoms with Crippen LogP contribution in [0, 0.1) is 13.8 Å². The number of hydrogen-bond donors (Lipinski definition) is 2. The summed E-state index contributed by atoms with van der Waals surface area (Å²) in [7, 11) is 0. The number of hydrogen-bond acceptors (Lipinski definition) is 2. The molecule has 0 unspecified atom stereocenters. The van der Waals surface area contributed by atoms with Crippen molar-refractivity contribution in [3.63, 3.8) is 0 Å². The maximum atomic E-state index is 9.76. The number of benzene rings is 2. The van der Waals surface area contributed by atoms with Gasteiger partial charge in [0.25, 0.3) is 0 Å². The van der Waals surface area contributed by atoms with Crippen LogP contribution in [0.5, 0.6) is 11.5 Å². The van der Waals surface area contributed by atoms with Gasteiger partial charge in [-0.1, -0.05) is 26.0 Å². The first-order chi connectivity index (χ1) is 8.79. The molecule has 0 saturated heterocycles. The topological polar surface area (TPSA) is 40.5 Å². The van der Waals surface area contributed by atoms with E-state index in [1.54, 1.807) is 24.3 Å². The number of aryl methyl sites for hydroxylation is 2. The SMILES string of the molecule is Cc1cc(O)cc(C(C)(C)c2cc(C)cc(O)c2)c1. The highest BCUT2D eigenvalue weighted by Gasteiger charge is 2.24. The lowest BCUT2D eigenvalue weighted by Crippen LogP contribution is -2.19. The number of rotatable bonds is 2. The minimum atomic E-state index is -0.271.